The number of nitrogens with zero attached hydrogens (tertiary/aromatic N) is 1. The van der Waals surface area contributed by atoms with Crippen LogP contribution >= 0.6 is 11.3 Å². The molecule has 1 heterocycles. The summed E-state index contributed by atoms with van der Waals surface area (Å²) in [5.74, 6) is 0. The summed E-state index contributed by atoms with van der Waals surface area (Å²) in [6.07, 6.45) is 0. The molecule has 196 valence electrons. The second kappa shape index (κ2) is 9.17. The Morgan fingerprint density at radius 3 is 1.81 bits per heavy atom. The lowest BCUT2D eigenvalue weighted by Gasteiger charge is -2.26. The molecule has 0 atom stereocenters. The van der Waals surface area contributed by atoms with Crippen LogP contribution in [0, 0.1) is 0 Å². The number of anilines is 3. The fourth-order valence-electron chi connectivity index (χ4n) is 6.62. The maximum absolute atomic E-state index is 2.39. The number of rotatable bonds is 3. The van der Waals surface area contributed by atoms with Gasteiger partial charge < -0.3 is 4.90 Å². The van der Waals surface area contributed by atoms with Crippen molar-refractivity contribution < 1.29 is 0 Å². The van der Waals surface area contributed by atoms with Crippen molar-refractivity contribution in [1.82, 2.24) is 0 Å². The summed E-state index contributed by atoms with van der Waals surface area (Å²) >= 11 is 1.89. The number of fused-ring (bicyclic) bond motifs is 10. The Morgan fingerprint density at radius 2 is 0.952 bits per heavy atom. The number of para-hydroxylation sites is 1. The van der Waals surface area contributed by atoms with E-state index in [-0.39, 0.29) is 0 Å². The number of hydrogen-bond acceptors (Lipinski definition) is 2. The number of hydrogen-bond donors (Lipinski definition) is 0. The van der Waals surface area contributed by atoms with Crippen LogP contribution in [0.1, 0.15) is 0 Å². The summed E-state index contributed by atoms with van der Waals surface area (Å²) in [5, 5.41) is 12.9. The highest BCUT2D eigenvalue weighted by Gasteiger charge is 2.16. The van der Waals surface area contributed by atoms with Gasteiger partial charge in [-0.1, -0.05) is 109 Å². The summed E-state index contributed by atoms with van der Waals surface area (Å²) in [5.41, 5.74) is 3.46. The van der Waals surface area contributed by atoms with Crippen molar-refractivity contribution in [3.05, 3.63) is 152 Å². The molecule has 1 aromatic heterocycles. The van der Waals surface area contributed by atoms with Crippen molar-refractivity contribution in [2.45, 2.75) is 0 Å². The molecule has 1 nitrogen and oxygen atoms in total. The molecule has 9 aromatic rings. The first kappa shape index (κ1) is 23.5. The van der Waals surface area contributed by atoms with Crippen molar-refractivity contribution in [2.75, 3.05) is 4.90 Å². The van der Waals surface area contributed by atoms with Crippen LogP contribution in [0.4, 0.5) is 17.1 Å². The van der Waals surface area contributed by atoms with E-state index in [1.807, 2.05) is 11.3 Å². The Hall–Kier alpha value is -5.18. The summed E-state index contributed by atoms with van der Waals surface area (Å²) in [6, 6.07) is 55.5. The molecule has 0 aliphatic rings. The molecule has 2 heteroatoms. The van der Waals surface area contributed by atoms with Crippen LogP contribution in [0.5, 0.6) is 0 Å². The van der Waals surface area contributed by atoms with E-state index in [0.29, 0.717) is 0 Å². The quantitative estimate of drug-likeness (QED) is 0.197. The highest BCUT2D eigenvalue weighted by Crippen LogP contribution is 2.43. The molecule has 8 aromatic carbocycles. The zero-order chi connectivity index (χ0) is 27.6. The van der Waals surface area contributed by atoms with Crippen molar-refractivity contribution in [3.63, 3.8) is 0 Å². The van der Waals surface area contributed by atoms with Gasteiger partial charge in [-0.3, -0.25) is 0 Å². The van der Waals surface area contributed by atoms with Crippen molar-refractivity contribution >= 4 is 91.7 Å². The van der Waals surface area contributed by atoms with Gasteiger partial charge in [0.2, 0.25) is 0 Å². The third kappa shape index (κ3) is 3.56. The largest absolute Gasteiger partial charge is 0.310 e. The number of benzene rings is 8. The molecule has 0 radical (unpaired) electrons. The molecule has 0 bridgehead atoms. The fourth-order valence-corrected chi connectivity index (χ4v) is 7.84. The van der Waals surface area contributed by atoms with Crippen LogP contribution in [-0.2, 0) is 0 Å². The van der Waals surface area contributed by atoms with Gasteiger partial charge in [0.25, 0.3) is 0 Å². The highest BCUT2D eigenvalue weighted by molar-refractivity contribution is 7.26. The van der Waals surface area contributed by atoms with E-state index in [2.05, 4.69) is 157 Å². The van der Waals surface area contributed by atoms with Crippen LogP contribution in [0.25, 0.3) is 63.3 Å². The van der Waals surface area contributed by atoms with Gasteiger partial charge in [0.05, 0.1) is 0 Å². The lowest BCUT2D eigenvalue weighted by atomic mass is 9.96. The lowest BCUT2D eigenvalue weighted by Crippen LogP contribution is -2.09. The first-order valence-corrected chi connectivity index (χ1v) is 15.2. The van der Waals surface area contributed by atoms with E-state index in [0.717, 1.165) is 17.1 Å². The Morgan fingerprint density at radius 1 is 0.357 bits per heavy atom. The number of thiophene rings is 1. The normalized spacial score (nSPS) is 11.8. The monoisotopic (exact) mass is 551 g/mol. The molecular formula is C40H25NS. The zero-order valence-corrected chi connectivity index (χ0v) is 23.6. The van der Waals surface area contributed by atoms with E-state index in [9.17, 15) is 0 Å². The van der Waals surface area contributed by atoms with E-state index < -0.39 is 0 Å². The summed E-state index contributed by atoms with van der Waals surface area (Å²) in [4.78, 5) is 2.39. The van der Waals surface area contributed by atoms with Gasteiger partial charge >= 0.3 is 0 Å². The molecule has 0 fully saturated rings. The van der Waals surface area contributed by atoms with Gasteiger partial charge in [0, 0.05) is 37.2 Å². The van der Waals surface area contributed by atoms with Gasteiger partial charge in [0.15, 0.2) is 0 Å². The SMILES string of the molecule is c1ccc(N(c2ccc3c(ccc4ccc5ccccc5c43)c2)c2ccc3sc4c5ccccc5ccc4c3c2)cc1. The minimum atomic E-state index is 1.15. The Bertz CT molecular complexity index is 2470. The minimum Gasteiger partial charge on any atom is -0.310 e. The molecule has 0 saturated carbocycles. The van der Waals surface area contributed by atoms with Crippen LogP contribution in [0.3, 0.4) is 0 Å². The second-order valence-electron chi connectivity index (χ2n) is 11.0. The molecule has 0 aliphatic carbocycles. The van der Waals surface area contributed by atoms with Crippen molar-refractivity contribution in [2.24, 2.45) is 0 Å². The van der Waals surface area contributed by atoms with Crippen LogP contribution in [-0.4, -0.2) is 0 Å². The maximum Gasteiger partial charge on any atom is 0.0468 e. The molecule has 0 unspecified atom stereocenters. The van der Waals surface area contributed by atoms with E-state index in [1.165, 1.54) is 63.3 Å². The topological polar surface area (TPSA) is 3.24 Å². The third-order valence-electron chi connectivity index (χ3n) is 8.58. The molecular weight excluding hydrogens is 527 g/mol. The predicted octanol–water partition coefficient (Wildman–Crippen LogP) is 12.1. The first-order chi connectivity index (χ1) is 20.8. The molecule has 0 spiro atoms. The highest BCUT2D eigenvalue weighted by atomic mass is 32.1. The summed E-state index contributed by atoms with van der Waals surface area (Å²) in [6.45, 7) is 0. The second-order valence-corrected chi connectivity index (χ2v) is 12.0. The van der Waals surface area contributed by atoms with E-state index in [4.69, 9.17) is 0 Å². The standard InChI is InChI=1S/C40H25NS/c1-2-10-30(11-3-1)41(32-20-23-38-37(25-32)36-21-18-27-9-5-7-13-35(27)40(36)42-38)31-19-22-34-29(24-31)17-16-28-15-14-26-8-4-6-12-33(26)39(28)34/h1-25H. The molecule has 0 saturated heterocycles. The molecule has 9 rings (SSSR count). The lowest BCUT2D eigenvalue weighted by molar-refractivity contribution is 1.30. The average molecular weight is 552 g/mol. The molecule has 0 amide bonds. The fraction of sp³-hybridized carbons (Fsp3) is 0. The van der Waals surface area contributed by atoms with Gasteiger partial charge in [-0.2, -0.15) is 0 Å². The first-order valence-electron chi connectivity index (χ1n) is 14.4. The summed E-state index contributed by atoms with van der Waals surface area (Å²) in [7, 11) is 0. The van der Waals surface area contributed by atoms with Gasteiger partial charge in [-0.25, -0.2) is 0 Å². The van der Waals surface area contributed by atoms with E-state index >= 15 is 0 Å². The molecule has 0 aliphatic heterocycles. The van der Waals surface area contributed by atoms with Crippen LogP contribution in [0.15, 0.2) is 152 Å². The molecule has 0 N–H and O–H groups in total. The minimum absolute atomic E-state index is 1.15. The molecule has 42 heavy (non-hydrogen) atoms. The smallest absolute Gasteiger partial charge is 0.0468 e. The maximum atomic E-state index is 2.39. The van der Waals surface area contributed by atoms with Gasteiger partial charge in [0.1, 0.15) is 0 Å². The van der Waals surface area contributed by atoms with Crippen molar-refractivity contribution in [1.29, 1.82) is 0 Å². The average Bonchev–Trinajstić information content (AvgIpc) is 3.43. The van der Waals surface area contributed by atoms with Crippen LogP contribution < -0.4 is 4.90 Å². The Labute approximate surface area is 247 Å². The predicted molar refractivity (Wildman–Crippen MR) is 184 cm³/mol. The van der Waals surface area contributed by atoms with Crippen molar-refractivity contribution in [3.8, 4) is 0 Å². The van der Waals surface area contributed by atoms with Crippen LogP contribution in [0.2, 0.25) is 0 Å². The Kier molecular flexibility index (Phi) is 5.13. The Balaban J connectivity index is 1.27. The third-order valence-corrected chi connectivity index (χ3v) is 9.80. The van der Waals surface area contributed by atoms with E-state index in [1.54, 1.807) is 0 Å². The zero-order valence-electron chi connectivity index (χ0n) is 22.8. The summed E-state index contributed by atoms with van der Waals surface area (Å²) < 4.78 is 2.67. The van der Waals surface area contributed by atoms with Gasteiger partial charge in [-0.05, 0) is 85.6 Å². The van der Waals surface area contributed by atoms with Gasteiger partial charge in [-0.15, -0.1) is 11.3 Å².